The Labute approximate surface area is 96.9 Å². The number of carboxylic acids is 1. The molecule has 0 aliphatic heterocycles. The summed E-state index contributed by atoms with van der Waals surface area (Å²) in [5, 5.41) is 11.8. The Kier molecular flexibility index (Phi) is 4.52. The van der Waals surface area contributed by atoms with E-state index in [9.17, 15) is 4.79 Å². The van der Waals surface area contributed by atoms with Gasteiger partial charge in [0.1, 0.15) is 0 Å². The summed E-state index contributed by atoms with van der Waals surface area (Å²) in [4.78, 5) is 10.8. The number of halogens is 1. The highest BCUT2D eigenvalue weighted by molar-refractivity contribution is 9.10. The van der Waals surface area contributed by atoms with Crippen LogP contribution in [-0.4, -0.2) is 24.7 Å². The molecule has 0 heterocycles. The summed E-state index contributed by atoms with van der Waals surface area (Å²) in [7, 11) is 1.86. The fourth-order valence-electron chi connectivity index (χ4n) is 1.14. The predicted molar refractivity (Wildman–Crippen MR) is 64.1 cm³/mol. The first-order chi connectivity index (χ1) is 7.13. The number of benzene rings is 1. The van der Waals surface area contributed by atoms with Crippen molar-refractivity contribution in [1.29, 1.82) is 0 Å². The van der Waals surface area contributed by atoms with Crippen molar-refractivity contribution in [3.63, 3.8) is 0 Å². The van der Waals surface area contributed by atoms with Crippen LogP contribution in [0.25, 0.3) is 6.08 Å². The molecule has 1 aromatic carbocycles. The summed E-state index contributed by atoms with van der Waals surface area (Å²) in [5.41, 5.74) is 1.16. The normalized spacial score (nSPS) is 10.8. The molecule has 3 nitrogen and oxygen atoms in total. The Morgan fingerprint density at radius 1 is 1.53 bits per heavy atom. The van der Waals surface area contributed by atoms with Crippen LogP contribution in [0.5, 0.6) is 0 Å². The van der Waals surface area contributed by atoms with Gasteiger partial charge in [-0.15, -0.1) is 0 Å². The summed E-state index contributed by atoms with van der Waals surface area (Å²) in [5.74, 6) is -0.917. The van der Waals surface area contributed by atoms with Crippen LogP contribution < -0.4 is 5.32 Å². The van der Waals surface area contributed by atoms with E-state index in [1.54, 1.807) is 12.1 Å². The van der Waals surface area contributed by atoms with E-state index in [2.05, 4.69) is 21.2 Å². The van der Waals surface area contributed by atoms with Gasteiger partial charge in [0, 0.05) is 11.0 Å². The third kappa shape index (κ3) is 3.85. The Balaban J connectivity index is 2.93. The second-order valence-electron chi connectivity index (χ2n) is 3.04. The van der Waals surface area contributed by atoms with E-state index in [1.807, 2.05) is 25.3 Å². The van der Waals surface area contributed by atoms with Crippen molar-refractivity contribution in [2.75, 3.05) is 13.6 Å². The van der Waals surface area contributed by atoms with E-state index >= 15 is 0 Å². The maximum atomic E-state index is 10.8. The molecule has 0 saturated carbocycles. The van der Waals surface area contributed by atoms with E-state index in [0.29, 0.717) is 0 Å². The molecule has 2 N–H and O–H groups in total. The zero-order valence-corrected chi connectivity index (χ0v) is 9.91. The minimum Gasteiger partial charge on any atom is -0.478 e. The average Bonchev–Trinajstić information content (AvgIpc) is 2.17. The molecule has 15 heavy (non-hydrogen) atoms. The first-order valence-electron chi connectivity index (χ1n) is 4.48. The van der Waals surface area contributed by atoms with Crippen LogP contribution in [0, 0.1) is 0 Å². The smallest absolute Gasteiger partial charge is 0.335 e. The minimum absolute atomic E-state index is 0.286. The number of carboxylic acid groups (broad SMARTS) is 1. The van der Waals surface area contributed by atoms with Gasteiger partial charge in [-0.05, 0) is 30.8 Å². The Morgan fingerprint density at radius 3 is 2.87 bits per heavy atom. The van der Waals surface area contributed by atoms with Crippen LogP contribution in [0.1, 0.15) is 15.9 Å². The maximum Gasteiger partial charge on any atom is 0.335 e. The molecule has 0 amide bonds. The topological polar surface area (TPSA) is 49.3 Å². The van der Waals surface area contributed by atoms with Gasteiger partial charge in [-0.3, -0.25) is 0 Å². The molecule has 4 heteroatoms. The SMILES string of the molecule is CNCC=Cc1cc(Br)cc(C(=O)O)c1. The predicted octanol–water partition coefficient (Wildman–Crippen LogP) is 2.38. The molecule has 0 spiro atoms. The molecule has 0 saturated heterocycles. The second kappa shape index (κ2) is 5.68. The number of hydrogen-bond acceptors (Lipinski definition) is 2. The van der Waals surface area contributed by atoms with Crippen LogP contribution in [-0.2, 0) is 0 Å². The largest absolute Gasteiger partial charge is 0.478 e. The molecule has 0 fully saturated rings. The molecule has 1 aromatic rings. The van der Waals surface area contributed by atoms with E-state index in [0.717, 1.165) is 16.6 Å². The van der Waals surface area contributed by atoms with Crippen molar-refractivity contribution in [1.82, 2.24) is 5.32 Å². The highest BCUT2D eigenvalue weighted by Gasteiger charge is 2.04. The molecule has 0 aliphatic carbocycles. The Morgan fingerprint density at radius 2 is 2.27 bits per heavy atom. The van der Waals surface area contributed by atoms with Gasteiger partial charge in [-0.25, -0.2) is 4.79 Å². The van der Waals surface area contributed by atoms with Crippen molar-refractivity contribution in [2.24, 2.45) is 0 Å². The van der Waals surface area contributed by atoms with Crippen molar-refractivity contribution in [3.8, 4) is 0 Å². The van der Waals surface area contributed by atoms with Gasteiger partial charge in [-0.1, -0.05) is 28.1 Å². The first kappa shape index (κ1) is 11.9. The highest BCUT2D eigenvalue weighted by atomic mass is 79.9. The Bertz CT molecular complexity index is 388. The van der Waals surface area contributed by atoms with Crippen LogP contribution in [0.4, 0.5) is 0 Å². The molecule has 0 unspecified atom stereocenters. The highest BCUT2D eigenvalue weighted by Crippen LogP contribution is 2.17. The van der Waals surface area contributed by atoms with E-state index in [1.165, 1.54) is 0 Å². The summed E-state index contributed by atoms with van der Waals surface area (Å²) in [6.45, 7) is 0.759. The molecule has 0 aromatic heterocycles. The van der Waals surface area contributed by atoms with Gasteiger partial charge in [0.05, 0.1) is 5.56 Å². The summed E-state index contributed by atoms with van der Waals surface area (Å²) < 4.78 is 0.770. The maximum absolute atomic E-state index is 10.8. The summed E-state index contributed by atoms with van der Waals surface area (Å²) >= 11 is 3.28. The van der Waals surface area contributed by atoms with E-state index in [-0.39, 0.29) is 5.56 Å². The van der Waals surface area contributed by atoms with Gasteiger partial charge >= 0.3 is 5.97 Å². The van der Waals surface area contributed by atoms with Gasteiger partial charge in [0.25, 0.3) is 0 Å². The van der Waals surface area contributed by atoms with Crippen molar-refractivity contribution < 1.29 is 9.90 Å². The zero-order valence-electron chi connectivity index (χ0n) is 8.33. The molecule has 0 bridgehead atoms. The van der Waals surface area contributed by atoms with Gasteiger partial charge < -0.3 is 10.4 Å². The Hall–Kier alpha value is -1.13. The van der Waals surface area contributed by atoms with Gasteiger partial charge in [0.15, 0.2) is 0 Å². The molecule has 0 radical (unpaired) electrons. The molecular formula is C11H12BrNO2. The standard InChI is InChI=1S/C11H12BrNO2/c1-13-4-2-3-8-5-9(11(14)15)7-10(12)6-8/h2-3,5-7,13H,4H2,1H3,(H,14,15). The number of aromatic carboxylic acids is 1. The summed E-state index contributed by atoms with van der Waals surface area (Å²) in [6.07, 6.45) is 3.82. The number of carbonyl (C=O) groups is 1. The number of rotatable bonds is 4. The van der Waals surface area contributed by atoms with Gasteiger partial charge in [0.2, 0.25) is 0 Å². The number of likely N-dealkylation sites (N-methyl/N-ethyl adjacent to an activating group) is 1. The first-order valence-corrected chi connectivity index (χ1v) is 5.28. The number of hydrogen-bond donors (Lipinski definition) is 2. The fraction of sp³-hybridized carbons (Fsp3) is 0.182. The van der Waals surface area contributed by atoms with E-state index in [4.69, 9.17) is 5.11 Å². The molecule has 0 aliphatic rings. The third-order valence-electron chi connectivity index (χ3n) is 1.80. The average molecular weight is 270 g/mol. The lowest BCUT2D eigenvalue weighted by Crippen LogP contribution is -2.03. The van der Waals surface area contributed by atoms with Crippen LogP contribution in [0.15, 0.2) is 28.7 Å². The molecule has 1 rings (SSSR count). The van der Waals surface area contributed by atoms with Crippen LogP contribution >= 0.6 is 15.9 Å². The van der Waals surface area contributed by atoms with Crippen molar-refractivity contribution in [3.05, 3.63) is 39.9 Å². The van der Waals surface area contributed by atoms with E-state index < -0.39 is 5.97 Å². The monoisotopic (exact) mass is 269 g/mol. The number of nitrogens with one attached hydrogen (secondary N) is 1. The fourth-order valence-corrected chi connectivity index (χ4v) is 1.66. The molecule has 80 valence electrons. The lowest BCUT2D eigenvalue weighted by molar-refractivity contribution is 0.0697. The van der Waals surface area contributed by atoms with Crippen molar-refractivity contribution >= 4 is 28.0 Å². The summed E-state index contributed by atoms with van der Waals surface area (Å²) in [6, 6.07) is 5.09. The minimum atomic E-state index is -0.917. The quantitative estimate of drug-likeness (QED) is 0.883. The zero-order chi connectivity index (χ0) is 11.3. The molecule has 0 atom stereocenters. The lowest BCUT2D eigenvalue weighted by Gasteiger charge is -1.99. The van der Waals surface area contributed by atoms with Crippen molar-refractivity contribution in [2.45, 2.75) is 0 Å². The van der Waals surface area contributed by atoms with Crippen LogP contribution in [0.2, 0.25) is 0 Å². The lowest BCUT2D eigenvalue weighted by atomic mass is 10.1. The molecular weight excluding hydrogens is 258 g/mol. The van der Waals surface area contributed by atoms with Gasteiger partial charge in [-0.2, -0.15) is 0 Å². The van der Waals surface area contributed by atoms with Crippen LogP contribution in [0.3, 0.4) is 0 Å². The second-order valence-corrected chi connectivity index (χ2v) is 3.95. The third-order valence-corrected chi connectivity index (χ3v) is 2.26.